The van der Waals surface area contributed by atoms with Crippen molar-refractivity contribution in [2.24, 2.45) is 27.5 Å². The van der Waals surface area contributed by atoms with Crippen LogP contribution in [0.3, 0.4) is 0 Å². The van der Waals surface area contributed by atoms with E-state index in [4.69, 9.17) is 25.9 Å². The summed E-state index contributed by atoms with van der Waals surface area (Å²) in [5, 5.41) is 27.3. The van der Waals surface area contributed by atoms with Crippen LogP contribution in [0.1, 0.15) is 158 Å². The summed E-state index contributed by atoms with van der Waals surface area (Å²) in [6.45, 7) is 2.64. The number of esters is 1. The van der Waals surface area contributed by atoms with Gasteiger partial charge in [0.25, 0.3) is 0 Å². The molecular formula is C49H72N6O6S2. The monoisotopic (exact) mass is 904 g/mol. The molecule has 4 saturated carbocycles. The number of hydrogen-bond acceptors (Lipinski definition) is 13. The van der Waals surface area contributed by atoms with Crippen LogP contribution in [0.4, 0.5) is 5.82 Å². The zero-order valence-electron chi connectivity index (χ0n) is 37.6. The van der Waals surface area contributed by atoms with Crippen LogP contribution in [0.5, 0.6) is 11.5 Å². The molecule has 5 unspecified atom stereocenters. The average molecular weight is 905 g/mol. The van der Waals surface area contributed by atoms with Crippen LogP contribution >= 0.6 is 21.6 Å². The van der Waals surface area contributed by atoms with Gasteiger partial charge in [-0.2, -0.15) is 0 Å². The summed E-state index contributed by atoms with van der Waals surface area (Å²) in [6.07, 6.45) is 22.5. The number of aryl methyl sites for hydroxylation is 1. The third-order valence-corrected chi connectivity index (χ3v) is 19.0. The van der Waals surface area contributed by atoms with Crippen molar-refractivity contribution in [2.75, 3.05) is 24.6 Å². The maximum atomic E-state index is 14.2. The number of nitrogens with zero attached hydrogens (tertiary/aromatic N) is 3. The quantitative estimate of drug-likeness (QED) is 0.142. The number of aromatic nitrogens is 1. The lowest BCUT2D eigenvalue weighted by Crippen LogP contribution is -2.55. The van der Waals surface area contributed by atoms with Gasteiger partial charge in [0.05, 0.1) is 12.2 Å². The number of nitrogen functional groups attached to an aromatic ring is 1. The molecule has 2 aromatic rings. The summed E-state index contributed by atoms with van der Waals surface area (Å²) in [5.41, 5.74) is 14.6. The van der Waals surface area contributed by atoms with Gasteiger partial charge < -0.3 is 41.4 Å². The van der Waals surface area contributed by atoms with E-state index in [-0.39, 0.29) is 46.5 Å². The normalized spacial score (nSPS) is 31.3. The predicted octanol–water partition coefficient (Wildman–Crippen LogP) is 8.74. The molecule has 346 valence electrons. The highest BCUT2D eigenvalue weighted by molar-refractivity contribution is 8.77. The molecule has 63 heavy (non-hydrogen) atoms. The van der Waals surface area contributed by atoms with Crippen LogP contribution in [-0.2, 0) is 33.7 Å². The molecule has 7 aliphatic rings. The number of ether oxygens (including phenoxy) is 2. The Kier molecular flexibility index (Phi) is 14.7. The Hall–Kier alpha value is -3.36. The van der Waals surface area contributed by atoms with Crippen molar-refractivity contribution >= 4 is 45.2 Å². The second-order valence-electron chi connectivity index (χ2n) is 20.2. The van der Waals surface area contributed by atoms with Crippen molar-refractivity contribution in [3.8, 4) is 11.5 Å². The van der Waals surface area contributed by atoms with Gasteiger partial charge in [-0.3, -0.25) is 14.6 Å². The number of aliphatic hydroxyl groups is 1. The number of nitrogens with one attached hydrogen (secondary N) is 1. The van der Waals surface area contributed by atoms with E-state index in [1.807, 2.05) is 50.8 Å². The third-order valence-electron chi connectivity index (χ3n) is 15.7. The number of aliphatic hydroxyl groups excluding tert-OH is 1. The summed E-state index contributed by atoms with van der Waals surface area (Å²) in [7, 11) is 3.96. The number of pyridine rings is 1. The molecule has 4 heterocycles. The number of aromatic hydroxyl groups is 1. The van der Waals surface area contributed by atoms with E-state index in [9.17, 15) is 19.8 Å². The molecule has 0 radical (unpaired) electrons. The van der Waals surface area contributed by atoms with E-state index >= 15 is 0 Å². The van der Waals surface area contributed by atoms with Crippen LogP contribution in [0.15, 0.2) is 35.5 Å². The summed E-state index contributed by atoms with van der Waals surface area (Å²) < 4.78 is 12.6. The Labute approximate surface area is 382 Å². The molecular weight excluding hydrogens is 833 g/mol. The summed E-state index contributed by atoms with van der Waals surface area (Å²) >= 11 is 0. The van der Waals surface area contributed by atoms with E-state index in [1.165, 1.54) is 45.4 Å². The van der Waals surface area contributed by atoms with Gasteiger partial charge in [-0.1, -0.05) is 53.3 Å². The summed E-state index contributed by atoms with van der Waals surface area (Å²) in [6, 6.07) is 7.79. The lowest BCUT2D eigenvalue weighted by atomic mass is 9.72. The number of amides is 1. The first kappa shape index (κ1) is 46.2. The van der Waals surface area contributed by atoms with Gasteiger partial charge in [-0.05, 0) is 144 Å². The zero-order chi connectivity index (χ0) is 44.1. The van der Waals surface area contributed by atoms with Crippen LogP contribution in [-0.4, -0.2) is 79.5 Å². The molecule has 12 nitrogen and oxygen atoms in total. The average Bonchev–Trinajstić information content (AvgIpc) is 4.05. The highest BCUT2D eigenvalue weighted by Crippen LogP contribution is 2.63. The fraction of sp³-hybridized carbons (Fsp3) is 0.714. The molecule has 14 heteroatoms. The predicted molar refractivity (Wildman–Crippen MR) is 252 cm³/mol. The molecule has 5 fully saturated rings. The number of carbonyl (C=O) groups is 2. The number of phenolic OH excluding ortho intramolecular Hbond substituents is 1. The van der Waals surface area contributed by atoms with E-state index in [1.54, 1.807) is 6.20 Å². The molecule has 1 aromatic carbocycles. The Morgan fingerprint density at radius 1 is 0.952 bits per heavy atom. The number of guanidine groups is 1. The van der Waals surface area contributed by atoms with Crippen LogP contribution < -0.4 is 21.5 Å². The van der Waals surface area contributed by atoms with Crippen molar-refractivity contribution in [3.63, 3.8) is 0 Å². The highest BCUT2D eigenvalue weighted by Gasteiger charge is 2.57. The number of anilines is 1. The Balaban J connectivity index is 1.10. The first-order chi connectivity index (χ1) is 30.4. The van der Waals surface area contributed by atoms with Gasteiger partial charge in [0.15, 0.2) is 17.5 Å². The Morgan fingerprint density at radius 2 is 1.75 bits per heavy atom. The maximum absolute atomic E-state index is 14.2. The Bertz CT molecular complexity index is 1950. The first-order valence-electron chi connectivity index (χ1n) is 24.1. The third kappa shape index (κ3) is 10.9. The lowest BCUT2D eigenvalue weighted by molar-refractivity contribution is -0.168. The molecule has 6 bridgehead atoms. The SMILES string of the molecule is CC(=O)OC12CCc3cc(c(O)c(OC4CCCC4)c3)CN3CC(Cc4ccnc(N)c4)(CCN=C(N)NC4(CCCC45CCCC5)SSCCCCCC(CC1)C(O)C2)CC3=O. The maximum Gasteiger partial charge on any atom is 0.303 e. The summed E-state index contributed by atoms with van der Waals surface area (Å²) in [4.78, 5) is 37.8. The van der Waals surface area contributed by atoms with E-state index < -0.39 is 17.1 Å². The smallest absolute Gasteiger partial charge is 0.303 e. The van der Waals surface area contributed by atoms with Gasteiger partial charge in [0, 0.05) is 67.7 Å². The minimum atomic E-state index is -0.779. The number of hydrogen-bond donors (Lipinski definition) is 5. The fourth-order valence-corrected chi connectivity index (χ4v) is 16.0. The molecule has 1 amide bonds. The topological polar surface area (TPSA) is 186 Å². The highest BCUT2D eigenvalue weighted by atomic mass is 33.1. The second kappa shape index (κ2) is 20.0. The molecule has 5 atom stereocenters. The fourth-order valence-electron chi connectivity index (χ4n) is 12.4. The number of carbonyl (C=O) groups excluding carboxylic acids is 2. The standard InChI is InChI=1S/C49H72N6O6S2/c1-34(56)61-48-20-13-35-26-38(44(59)41(27-35)60-39-11-4-5-12-39)32-55-33-46(31-43(55)58,29-36-15-23-52-42(50)28-36)22-24-53-45(51)54-49(19-9-18-47(49)16-6-7-17-47)63-62-25-8-2-3-10-37(14-21-48)40(57)30-48/h15,23,26-28,37,39-40,57,59H,2-14,16-22,24-25,29-33H2,1H3,(H2,50,52)(H3,51,53,54). The van der Waals surface area contributed by atoms with Gasteiger partial charge >= 0.3 is 5.97 Å². The minimum absolute atomic E-state index is 0.0202. The second-order valence-corrected chi connectivity index (χ2v) is 22.9. The van der Waals surface area contributed by atoms with Crippen LogP contribution in [0, 0.1) is 16.7 Å². The van der Waals surface area contributed by atoms with E-state index in [0.717, 1.165) is 81.1 Å². The number of benzene rings is 1. The van der Waals surface area contributed by atoms with Crippen molar-refractivity contribution in [1.29, 1.82) is 0 Å². The van der Waals surface area contributed by atoms with Crippen molar-refractivity contribution < 1.29 is 29.3 Å². The van der Waals surface area contributed by atoms with Crippen molar-refractivity contribution in [2.45, 2.75) is 184 Å². The van der Waals surface area contributed by atoms with Crippen LogP contribution in [0.2, 0.25) is 0 Å². The lowest BCUT2D eigenvalue weighted by Gasteiger charge is -2.44. The van der Waals surface area contributed by atoms with E-state index in [2.05, 4.69) is 10.3 Å². The number of rotatable bonds is 5. The molecule has 4 aliphatic carbocycles. The summed E-state index contributed by atoms with van der Waals surface area (Å²) in [5.74, 6) is 2.36. The minimum Gasteiger partial charge on any atom is -0.504 e. The largest absolute Gasteiger partial charge is 0.504 e. The van der Waals surface area contributed by atoms with Gasteiger partial charge in [0.2, 0.25) is 5.91 Å². The zero-order valence-corrected chi connectivity index (χ0v) is 39.2. The van der Waals surface area contributed by atoms with Crippen LogP contribution in [0.25, 0.3) is 0 Å². The number of fused-ring (bicyclic) bond motifs is 12. The van der Waals surface area contributed by atoms with E-state index in [0.29, 0.717) is 81.1 Å². The van der Waals surface area contributed by atoms with Crippen molar-refractivity contribution in [3.05, 3.63) is 47.2 Å². The molecule has 1 aromatic heterocycles. The molecule has 9 rings (SSSR count). The first-order valence-corrected chi connectivity index (χ1v) is 26.5. The van der Waals surface area contributed by atoms with Gasteiger partial charge in [-0.25, -0.2) is 4.98 Å². The molecule has 2 spiro atoms. The van der Waals surface area contributed by atoms with Gasteiger partial charge in [0.1, 0.15) is 16.3 Å². The number of phenols is 1. The van der Waals surface area contributed by atoms with Gasteiger partial charge in [-0.15, -0.1) is 0 Å². The molecule has 3 aliphatic heterocycles. The Morgan fingerprint density at radius 3 is 2.52 bits per heavy atom. The molecule has 1 saturated heterocycles. The molecule has 7 N–H and O–H groups in total. The van der Waals surface area contributed by atoms with Crippen molar-refractivity contribution in [1.82, 2.24) is 15.2 Å². The number of aliphatic imine (C=N–C) groups is 1. The number of nitrogens with two attached hydrogens (primary N) is 2.